The van der Waals surface area contributed by atoms with Crippen LogP contribution in [-0.4, -0.2) is 6.61 Å². The van der Waals surface area contributed by atoms with E-state index in [0.717, 1.165) is 27.5 Å². The molecule has 4 aromatic rings. The predicted octanol–water partition coefficient (Wildman–Crippen LogP) is 7.54. The summed E-state index contributed by atoms with van der Waals surface area (Å²) in [7, 11) is 0. The van der Waals surface area contributed by atoms with Crippen molar-refractivity contribution < 1.29 is 9.47 Å². The summed E-state index contributed by atoms with van der Waals surface area (Å²) < 4.78 is 11.8. The van der Waals surface area contributed by atoms with E-state index in [0.29, 0.717) is 35.3 Å². The molecule has 0 atom stereocenters. The Kier molecular flexibility index (Phi) is 6.75. The topological polar surface area (TPSA) is 42.2 Å². The minimum absolute atomic E-state index is 0.410. The molecule has 0 unspecified atom stereocenters. The molecule has 4 heteroatoms. The number of ether oxygens (including phenoxy) is 2. The van der Waals surface area contributed by atoms with Crippen molar-refractivity contribution in [3.05, 3.63) is 107 Å². The highest BCUT2D eigenvalue weighted by Crippen LogP contribution is 2.31. The first-order chi connectivity index (χ1) is 15.7. The summed E-state index contributed by atoms with van der Waals surface area (Å²) in [6.45, 7) is 2.86. The van der Waals surface area contributed by atoms with E-state index in [4.69, 9.17) is 21.1 Å². The molecule has 0 spiro atoms. The third-order valence-electron chi connectivity index (χ3n) is 5.07. The maximum absolute atomic E-state index is 9.79. The molecule has 0 heterocycles. The van der Waals surface area contributed by atoms with E-state index in [-0.39, 0.29) is 0 Å². The van der Waals surface area contributed by atoms with Crippen LogP contribution in [-0.2, 0) is 6.61 Å². The summed E-state index contributed by atoms with van der Waals surface area (Å²) in [5.41, 5.74) is 3.36. The number of nitriles is 1. The van der Waals surface area contributed by atoms with Gasteiger partial charge in [0.25, 0.3) is 0 Å². The Morgan fingerprint density at radius 1 is 0.875 bits per heavy atom. The third kappa shape index (κ3) is 5.11. The maximum atomic E-state index is 9.79. The Labute approximate surface area is 193 Å². The number of allylic oxidation sites excluding steroid dienone is 1. The lowest BCUT2D eigenvalue weighted by Gasteiger charge is -2.13. The van der Waals surface area contributed by atoms with Crippen molar-refractivity contribution in [1.29, 1.82) is 5.26 Å². The van der Waals surface area contributed by atoms with Crippen LogP contribution in [0.3, 0.4) is 0 Å². The number of benzene rings is 4. The molecule has 0 saturated carbocycles. The fourth-order valence-electron chi connectivity index (χ4n) is 3.45. The first kappa shape index (κ1) is 21.5. The lowest BCUT2D eigenvalue weighted by Crippen LogP contribution is -2.00. The molecule has 32 heavy (non-hydrogen) atoms. The van der Waals surface area contributed by atoms with Gasteiger partial charge in [-0.2, -0.15) is 5.26 Å². The van der Waals surface area contributed by atoms with Gasteiger partial charge in [0, 0.05) is 5.02 Å². The van der Waals surface area contributed by atoms with Gasteiger partial charge in [-0.25, -0.2) is 0 Å². The largest absolute Gasteiger partial charge is 0.490 e. The van der Waals surface area contributed by atoms with Gasteiger partial charge in [-0.15, -0.1) is 0 Å². The highest BCUT2D eigenvalue weighted by Gasteiger charge is 2.09. The molecule has 4 aromatic carbocycles. The minimum atomic E-state index is 0.410. The van der Waals surface area contributed by atoms with Crippen molar-refractivity contribution >= 4 is 34.0 Å². The van der Waals surface area contributed by atoms with Gasteiger partial charge in [0.2, 0.25) is 0 Å². The van der Waals surface area contributed by atoms with Crippen LogP contribution in [0.4, 0.5) is 0 Å². The SMILES string of the molecule is CCOc1cc(/C=C(/C#N)c2ccc3ccccc3c2)ccc1OCc1ccc(Cl)cc1. The van der Waals surface area contributed by atoms with E-state index < -0.39 is 0 Å². The van der Waals surface area contributed by atoms with E-state index in [1.165, 1.54) is 0 Å². The van der Waals surface area contributed by atoms with Crippen LogP contribution in [0, 0.1) is 11.3 Å². The smallest absolute Gasteiger partial charge is 0.161 e. The van der Waals surface area contributed by atoms with Crippen LogP contribution in [0.1, 0.15) is 23.6 Å². The Hall–Kier alpha value is -3.74. The van der Waals surface area contributed by atoms with E-state index in [1.807, 2.05) is 91.9 Å². The Bertz CT molecular complexity index is 1300. The Balaban J connectivity index is 1.60. The molecule has 0 bridgehead atoms. The van der Waals surface area contributed by atoms with Gasteiger partial charge in [-0.3, -0.25) is 0 Å². The number of rotatable bonds is 7. The van der Waals surface area contributed by atoms with Gasteiger partial charge >= 0.3 is 0 Å². The molecular weight excluding hydrogens is 418 g/mol. The van der Waals surface area contributed by atoms with Gasteiger partial charge in [0.05, 0.1) is 18.2 Å². The Morgan fingerprint density at radius 3 is 2.41 bits per heavy atom. The second kappa shape index (κ2) is 10.0. The molecule has 3 nitrogen and oxygen atoms in total. The summed E-state index contributed by atoms with van der Waals surface area (Å²) >= 11 is 5.95. The lowest BCUT2D eigenvalue weighted by atomic mass is 10.00. The summed E-state index contributed by atoms with van der Waals surface area (Å²) in [6, 6.07) is 29.8. The van der Waals surface area contributed by atoms with Crippen LogP contribution in [0.2, 0.25) is 5.02 Å². The molecule has 158 valence electrons. The average molecular weight is 440 g/mol. The van der Waals surface area contributed by atoms with E-state index >= 15 is 0 Å². The second-order valence-electron chi connectivity index (χ2n) is 7.29. The molecule has 0 aliphatic heterocycles. The molecular formula is C28H22ClNO2. The van der Waals surface area contributed by atoms with Gasteiger partial charge in [0.1, 0.15) is 6.61 Å². The van der Waals surface area contributed by atoms with Crippen molar-refractivity contribution in [1.82, 2.24) is 0 Å². The normalized spacial score (nSPS) is 11.2. The molecule has 0 radical (unpaired) electrons. The van der Waals surface area contributed by atoms with Crippen LogP contribution >= 0.6 is 11.6 Å². The molecule has 0 amide bonds. The first-order valence-electron chi connectivity index (χ1n) is 10.4. The van der Waals surface area contributed by atoms with Crippen LogP contribution in [0.25, 0.3) is 22.4 Å². The zero-order valence-electron chi connectivity index (χ0n) is 17.7. The summed E-state index contributed by atoms with van der Waals surface area (Å²) in [5, 5.41) is 12.7. The van der Waals surface area contributed by atoms with Crippen LogP contribution in [0.15, 0.2) is 84.9 Å². The quantitative estimate of drug-likeness (QED) is 0.220. The number of hydrogen-bond acceptors (Lipinski definition) is 3. The summed E-state index contributed by atoms with van der Waals surface area (Å²) in [5.74, 6) is 1.30. The molecule has 4 rings (SSSR count). The zero-order valence-corrected chi connectivity index (χ0v) is 18.5. The van der Waals surface area contributed by atoms with Gasteiger partial charge in [-0.05, 0) is 70.8 Å². The van der Waals surface area contributed by atoms with Crippen molar-refractivity contribution in [2.45, 2.75) is 13.5 Å². The van der Waals surface area contributed by atoms with Gasteiger partial charge < -0.3 is 9.47 Å². The fraction of sp³-hybridized carbons (Fsp3) is 0.107. The van der Waals surface area contributed by atoms with Gasteiger partial charge in [-0.1, -0.05) is 66.2 Å². The molecule has 0 aliphatic rings. The molecule has 0 fully saturated rings. The van der Waals surface area contributed by atoms with E-state index in [9.17, 15) is 5.26 Å². The number of nitrogens with zero attached hydrogens (tertiary/aromatic N) is 1. The van der Waals surface area contributed by atoms with Crippen molar-refractivity contribution in [3.63, 3.8) is 0 Å². The first-order valence-corrected chi connectivity index (χ1v) is 10.8. The zero-order chi connectivity index (χ0) is 22.3. The standard InChI is InChI=1S/C28H22ClNO2/c1-2-31-28-16-21(9-14-27(28)32-19-20-7-12-26(29)13-8-20)15-25(18-30)24-11-10-22-5-3-4-6-23(22)17-24/h3-17H,2,19H2,1H3/b25-15-. The summed E-state index contributed by atoms with van der Waals surface area (Å²) in [6.07, 6.45) is 1.87. The lowest BCUT2D eigenvalue weighted by molar-refractivity contribution is 0.269. The third-order valence-corrected chi connectivity index (χ3v) is 5.32. The monoisotopic (exact) mass is 439 g/mol. The molecule has 0 N–H and O–H groups in total. The van der Waals surface area contributed by atoms with Crippen molar-refractivity contribution in [2.75, 3.05) is 6.61 Å². The predicted molar refractivity (Wildman–Crippen MR) is 131 cm³/mol. The average Bonchev–Trinajstić information content (AvgIpc) is 2.83. The summed E-state index contributed by atoms with van der Waals surface area (Å²) in [4.78, 5) is 0. The number of halogens is 1. The number of hydrogen-bond donors (Lipinski definition) is 0. The highest BCUT2D eigenvalue weighted by molar-refractivity contribution is 6.30. The second-order valence-corrected chi connectivity index (χ2v) is 7.72. The minimum Gasteiger partial charge on any atom is -0.490 e. The van der Waals surface area contributed by atoms with Crippen molar-refractivity contribution in [3.8, 4) is 17.6 Å². The van der Waals surface area contributed by atoms with E-state index in [1.54, 1.807) is 0 Å². The number of fused-ring (bicyclic) bond motifs is 1. The highest BCUT2D eigenvalue weighted by atomic mass is 35.5. The molecule has 0 aromatic heterocycles. The Morgan fingerprint density at radius 2 is 1.66 bits per heavy atom. The molecule has 0 aliphatic carbocycles. The van der Waals surface area contributed by atoms with Crippen LogP contribution < -0.4 is 9.47 Å². The molecule has 0 saturated heterocycles. The van der Waals surface area contributed by atoms with Gasteiger partial charge in [0.15, 0.2) is 11.5 Å². The fourth-order valence-corrected chi connectivity index (χ4v) is 3.57. The van der Waals surface area contributed by atoms with Crippen molar-refractivity contribution in [2.24, 2.45) is 0 Å². The van der Waals surface area contributed by atoms with E-state index in [2.05, 4.69) is 12.1 Å². The maximum Gasteiger partial charge on any atom is 0.161 e. The van der Waals surface area contributed by atoms with Crippen LogP contribution in [0.5, 0.6) is 11.5 Å².